The maximum absolute atomic E-state index is 11.3. The Hall–Kier alpha value is -1.19. The zero-order chi connectivity index (χ0) is 9.52. The Labute approximate surface area is 77.2 Å². The average Bonchev–Trinajstić information content (AvgIpc) is 2.19. The second kappa shape index (κ2) is 5.45. The van der Waals surface area contributed by atoms with Gasteiger partial charge in [0.1, 0.15) is 6.61 Å². The van der Waals surface area contributed by atoms with Crippen LogP contribution in [0.15, 0.2) is 30.3 Å². The van der Waals surface area contributed by atoms with Gasteiger partial charge in [0.15, 0.2) is 5.78 Å². The zero-order valence-electron chi connectivity index (χ0n) is 7.53. The first kappa shape index (κ1) is 9.89. The Balaban J connectivity index is 2.40. The molecule has 3 nitrogen and oxygen atoms in total. The van der Waals surface area contributed by atoms with E-state index in [-0.39, 0.29) is 12.4 Å². The molecule has 1 aromatic carbocycles. The maximum Gasteiger partial charge on any atom is 0.191 e. The lowest BCUT2D eigenvalue weighted by atomic mass is 10.1. The number of carbonyl (C=O) groups excluding carboxylic acids is 1. The van der Waals surface area contributed by atoms with Crippen LogP contribution < -0.4 is 0 Å². The van der Waals surface area contributed by atoms with Crippen molar-refractivity contribution in [1.29, 1.82) is 0 Å². The Bertz CT molecular complexity index is 256. The van der Waals surface area contributed by atoms with E-state index in [2.05, 4.69) is 9.78 Å². The molecule has 0 heterocycles. The van der Waals surface area contributed by atoms with Gasteiger partial charge in [-0.05, 0) is 6.92 Å². The lowest BCUT2D eigenvalue weighted by Crippen LogP contribution is -2.09. The van der Waals surface area contributed by atoms with Crippen LogP contribution in [0.5, 0.6) is 0 Å². The van der Waals surface area contributed by atoms with E-state index in [1.54, 1.807) is 19.1 Å². The quantitative estimate of drug-likeness (QED) is 0.300. The van der Waals surface area contributed by atoms with Gasteiger partial charge in [-0.3, -0.25) is 4.79 Å². The molecule has 13 heavy (non-hydrogen) atoms. The van der Waals surface area contributed by atoms with Crippen molar-refractivity contribution in [3.05, 3.63) is 35.9 Å². The molecule has 0 saturated carbocycles. The van der Waals surface area contributed by atoms with Gasteiger partial charge >= 0.3 is 0 Å². The molecule has 0 aliphatic carbocycles. The average molecular weight is 180 g/mol. The lowest BCUT2D eigenvalue weighted by molar-refractivity contribution is -0.281. The van der Waals surface area contributed by atoms with Crippen molar-refractivity contribution < 1.29 is 14.6 Å². The molecular formula is C10H12O3. The number of benzene rings is 1. The Kier molecular flexibility index (Phi) is 4.15. The number of carbonyl (C=O) groups is 1. The van der Waals surface area contributed by atoms with Crippen LogP contribution in [0.1, 0.15) is 17.3 Å². The van der Waals surface area contributed by atoms with Crippen LogP contribution in [0.25, 0.3) is 0 Å². The van der Waals surface area contributed by atoms with Crippen molar-refractivity contribution in [3.8, 4) is 0 Å². The summed E-state index contributed by atoms with van der Waals surface area (Å²) >= 11 is 0. The molecule has 0 saturated heterocycles. The van der Waals surface area contributed by atoms with E-state index in [4.69, 9.17) is 0 Å². The van der Waals surface area contributed by atoms with Gasteiger partial charge < -0.3 is 0 Å². The fourth-order valence-electron chi connectivity index (χ4n) is 0.886. The first-order valence-corrected chi connectivity index (χ1v) is 4.17. The second-order valence-electron chi connectivity index (χ2n) is 2.46. The highest BCUT2D eigenvalue weighted by atomic mass is 17.2. The highest BCUT2D eigenvalue weighted by molar-refractivity contribution is 5.96. The van der Waals surface area contributed by atoms with Crippen LogP contribution in [-0.2, 0) is 9.78 Å². The molecule has 1 aromatic rings. The fourth-order valence-corrected chi connectivity index (χ4v) is 0.886. The van der Waals surface area contributed by atoms with Crippen LogP contribution in [0.4, 0.5) is 0 Å². The summed E-state index contributed by atoms with van der Waals surface area (Å²) in [5.41, 5.74) is 0.641. The van der Waals surface area contributed by atoms with E-state index in [9.17, 15) is 4.79 Å². The third-order valence-corrected chi connectivity index (χ3v) is 1.49. The van der Waals surface area contributed by atoms with E-state index in [0.717, 1.165) is 0 Å². The highest BCUT2D eigenvalue weighted by Crippen LogP contribution is 1.99. The number of ketones is 1. The van der Waals surface area contributed by atoms with Gasteiger partial charge in [0, 0.05) is 5.56 Å². The molecule has 3 heteroatoms. The normalized spacial score (nSPS) is 9.92. The van der Waals surface area contributed by atoms with Crippen LogP contribution in [0, 0.1) is 0 Å². The van der Waals surface area contributed by atoms with Gasteiger partial charge in [0.05, 0.1) is 6.61 Å². The zero-order valence-corrected chi connectivity index (χ0v) is 7.53. The molecule has 0 atom stereocenters. The van der Waals surface area contributed by atoms with Crippen molar-refractivity contribution in [2.24, 2.45) is 0 Å². The molecule has 0 amide bonds. The summed E-state index contributed by atoms with van der Waals surface area (Å²) in [7, 11) is 0. The van der Waals surface area contributed by atoms with Crippen LogP contribution in [0.3, 0.4) is 0 Å². The van der Waals surface area contributed by atoms with Crippen molar-refractivity contribution in [2.45, 2.75) is 6.92 Å². The van der Waals surface area contributed by atoms with Crippen molar-refractivity contribution >= 4 is 5.78 Å². The van der Waals surface area contributed by atoms with Crippen molar-refractivity contribution in [3.63, 3.8) is 0 Å². The molecule has 0 aliphatic heterocycles. The van der Waals surface area contributed by atoms with E-state index < -0.39 is 0 Å². The predicted octanol–water partition coefficient (Wildman–Crippen LogP) is 1.84. The molecule has 0 N–H and O–H groups in total. The fraction of sp³-hybridized carbons (Fsp3) is 0.300. The van der Waals surface area contributed by atoms with E-state index in [0.29, 0.717) is 12.2 Å². The van der Waals surface area contributed by atoms with Crippen LogP contribution in [0.2, 0.25) is 0 Å². The summed E-state index contributed by atoms with van der Waals surface area (Å²) in [5, 5.41) is 0. The number of Topliss-reactive ketones (excluding diaryl/α,β-unsaturated/α-hetero) is 1. The summed E-state index contributed by atoms with van der Waals surface area (Å²) in [6, 6.07) is 8.98. The van der Waals surface area contributed by atoms with Crippen molar-refractivity contribution in [1.82, 2.24) is 0 Å². The van der Waals surface area contributed by atoms with Gasteiger partial charge in [0.2, 0.25) is 0 Å². The summed E-state index contributed by atoms with van der Waals surface area (Å²) in [4.78, 5) is 20.6. The SMILES string of the molecule is CCOOCC(=O)c1ccccc1. The minimum absolute atomic E-state index is 0.0299. The van der Waals surface area contributed by atoms with E-state index >= 15 is 0 Å². The molecule has 0 unspecified atom stereocenters. The molecule has 0 fully saturated rings. The van der Waals surface area contributed by atoms with Crippen molar-refractivity contribution in [2.75, 3.05) is 13.2 Å². The van der Waals surface area contributed by atoms with Gasteiger partial charge in [-0.15, -0.1) is 0 Å². The highest BCUT2D eigenvalue weighted by Gasteiger charge is 2.04. The molecular weight excluding hydrogens is 168 g/mol. The third-order valence-electron chi connectivity index (χ3n) is 1.49. The number of rotatable bonds is 5. The van der Waals surface area contributed by atoms with Gasteiger partial charge in [-0.25, -0.2) is 9.78 Å². The third kappa shape index (κ3) is 3.36. The molecule has 0 radical (unpaired) electrons. The van der Waals surface area contributed by atoms with E-state index in [1.165, 1.54) is 0 Å². The smallest absolute Gasteiger partial charge is 0.191 e. The minimum Gasteiger partial charge on any atom is -0.291 e. The molecule has 1 rings (SSSR count). The minimum atomic E-state index is -0.0750. The van der Waals surface area contributed by atoms with Crippen LogP contribution >= 0.6 is 0 Å². The monoisotopic (exact) mass is 180 g/mol. The van der Waals surface area contributed by atoms with Crippen LogP contribution in [-0.4, -0.2) is 19.0 Å². The predicted molar refractivity (Wildman–Crippen MR) is 48.4 cm³/mol. The largest absolute Gasteiger partial charge is 0.291 e. The second-order valence-corrected chi connectivity index (χ2v) is 2.46. The lowest BCUT2D eigenvalue weighted by Gasteiger charge is -2.00. The Morgan fingerprint density at radius 1 is 1.23 bits per heavy atom. The molecule has 70 valence electrons. The molecule has 0 aliphatic rings. The molecule has 0 spiro atoms. The summed E-state index contributed by atoms with van der Waals surface area (Å²) in [5.74, 6) is -0.0750. The first-order chi connectivity index (χ1) is 6.34. The maximum atomic E-state index is 11.3. The number of hydrogen-bond donors (Lipinski definition) is 0. The van der Waals surface area contributed by atoms with Gasteiger partial charge in [-0.2, -0.15) is 0 Å². The topological polar surface area (TPSA) is 35.5 Å². The first-order valence-electron chi connectivity index (χ1n) is 4.17. The standard InChI is InChI=1S/C10H12O3/c1-2-12-13-8-10(11)9-6-4-3-5-7-9/h3-7H,2,8H2,1H3. The summed E-state index contributed by atoms with van der Waals surface area (Å²) < 4.78 is 0. The Morgan fingerprint density at radius 3 is 2.54 bits per heavy atom. The number of hydrogen-bond acceptors (Lipinski definition) is 3. The van der Waals surface area contributed by atoms with E-state index in [1.807, 2.05) is 18.2 Å². The molecule has 0 bridgehead atoms. The summed E-state index contributed by atoms with van der Waals surface area (Å²) in [6.45, 7) is 2.22. The van der Waals surface area contributed by atoms with Gasteiger partial charge in [0.25, 0.3) is 0 Å². The summed E-state index contributed by atoms with van der Waals surface area (Å²) in [6.07, 6.45) is 0. The van der Waals surface area contributed by atoms with Gasteiger partial charge in [-0.1, -0.05) is 30.3 Å². The Morgan fingerprint density at radius 2 is 1.92 bits per heavy atom. The molecule has 0 aromatic heterocycles.